The van der Waals surface area contributed by atoms with Crippen LogP contribution in [0.25, 0.3) is 11.3 Å². The predicted molar refractivity (Wildman–Crippen MR) is 83.7 cm³/mol. The zero-order valence-corrected chi connectivity index (χ0v) is 13.1. The summed E-state index contributed by atoms with van der Waals surface area (Å²) in [6.45, 7) is 2.00. The van der Waals surface area contributed by atoms with Crippen molar-refractivity contribution in [1.29, 1.82) is 0 Å². The van der Waals surface area contributed by atoms with Crippen molar-refractivity contribution in [1.82, 2.24) is 25.2 Å². The van der Waals surface area contributed by atoms with Gasteiger partial charge in [-0.15, -0.1) is 16.4 Å². The van der Waals surface area contributed by atoms with Gasteiger partial charge in [0.2, 0.25) is 5.91 Å². The fraction of sp³-hybridized carbons (Fsp3) is 0.154. The molecule has 0 spiro atoms. The van der Waals surface area contributed by atoms with Crippen molar-refractivity contribution in [2.45, 2.75) is 13.5 Å². The zero-order valence-electron chi connectivity index (χ0n) is 11.5. The van der Waals surface area contributed by atoms with Crippen molar-refractivity contribution in [2.24, 2.45) is 0 Å². The van der Waals surface area contributed by atoms with Gasteiger partial charge in [0.25, 0.3) is 0 Å². The van der Waals surface area contributed by atoms with E-state index in [1.54, 1.807) is 0 Å². The Hall–Kier alpha value is -2.32. The van der Waals surface area contributed by atoms with E-state index in [1.165, 1.54) is 22.3 Å². The minimum absolute atomic E-state index is 0.0436. The van der Waals surface area contributed by atoms with Crippen molar-refractivity contribution in [2.75, 3.05) is 5.32 Å². The van der Waals surface area contributed by atoms with Crippen LogP contribution in [0.3, 0.4) is 0 Å². The van der Waals surface area contributed by atoms with E-state index in [9.17, 15) is 4.79 Å². The molecule has 22 heavy (non-hydrogen) atoms. The third-order valence-corrected chi connectivity index (χ3v) is 4.00. The minimum atomic E-state index is -0.233. The van der Waals surface area contributed by atoms with Gasteiger partial charge in [-0.3, -0.25) is 4.79 Å². The molecule has 9 heteroatoms. The van der Waals surface area contributed by atoms with Crippen LogP contribution >= 0.6 is 22.9 Å². The summed E-state index contributed by atoms with van der Waals surface area (Å²) in [7, 11) is 0. The van der Waals surface area contributed by atoms with Crippen LogP contribution in [0.15, 0.2) is 30.6 Å². The number of nitrogens with one attached hydrogen (secondary N) is 1. The smallest absolute Gasteiger partial charge is 0.248 e. The monoisotopic (exact) mass is 334 g/mol. The van der Waals surface area contributed by atoms with Gasteiger partial charge in [-0.2, -0.15) is 0 Å². The van der Waals surface area contributed by atoms with Crippen LogP contribution in [0.5, 0.6) is 0 Å². The van der Waals surface area contributed by atoms with E-state index in [0.717, 1.165) is 16.1 Å². The standard InChI is InChI=1S/C13H11ClN6OS/c1-8-12(9-2-4-10(14)5-3-9)17-13(22-8)16-11(21)6-20-7-15-18-19-20/h2-5,7H,6H2,1H3,(H,16,17,21). The minimum Gasteiger partial charge on any atom is -0.300 e. The summed E-state index contributed by atoms with van der Waals surface area (Å²) < 4.78 is 1.34. The van der Waals surface area contributed by atoms with Crippen LogP contribution in [0.4, 0.5) is 5.13 Å². The Morgan fingerprint density at radius 2 is 2.14 bits per heavy atom. The number of anilines is 1. The molecule has 0 radical (unpaired) electrons. The maximum absolute atomic E-state index is 11.9. The van der Waals surface area contributed by atoms with Gasteiger partial charge >= 0.3 is 0 Å². The summed E-state index contributed by atoms with van der Waals surface area (Å²) in [5, 5.41) is 14.6. The molecular weight excluding hydrogens is 324 g/mol. The Labute approximate surface area is 134 Å². The average molecular weight is 335 g/mol. The summed E-state index contributed by atoms with van der Waals surface area (Å²) in [5.41, 5.74) is 1.79. The number of amides is 1. The molecule has 0 atom stereocenters. The first-order chi connectivity index (χ1) is 10.6. The molecule has 1 N–H and O–H groups in total. The van der Waals surface area contributed by atoms with Crippen LogP contribution in [-0.2, 0) is 11.3 Å². The van der Waals surface area contributed by atoms with E-state index in [0.29, 0.717) is 10.2 Å². The first kappa shape index (κ1) is 14.6. The molecule has 3 aromatic rings. The van der Waals surface area contributed by atoms with Gasteiger partial charge in [-0.05, 0) is 29.5 Å². The van der Waals surface area contributed by atoms with Crippen molar-refractivity contribution in [3.05, 3.63) is 40.5 Å². The molecule has 0 bridgehead atoms. The van der Waals surface area contributed by atoms with Crippen molar-refractivity contribution in [3.8, 4) is 11.3 Å². The number of aromatic nitrogens is 5. The summed E-state index contributed by atoms with van der Waals surface area (Å²) in [4.78, 5) is 17.4. The number of aryl methyl sites for hydroxylation is 1. The lowest BCUT2D eigenvalue weighted by Crippen LogP contribution is -2.19. The number of hydrogen-bond acceptors (Lipinski definition) is 6. The molecule has 0 aliphatic heterocycles. The third kappa shape index (κ3) is 3.29. The number of carbonyl (C=O) groups excluding carboxylic acids is 1. The number of thiazole rings is 1. The molecule has 0 fully saturated rings. The zero-order chi connectivity index (χ0) is 15.5. The largest absolute Gasteiger partial charge is 0.300 e. The highest BCUT2D eigenvalue weighted by Crippen LogP contribution is 2.30. The van der Waals surface area contributed by atoms with Gasteiger partial charge in [0.15, 0.2) is 5.13 Å². The maximum atomic E-state index is 11.9. The average Bonchev–Trinajstić information content (AvgIpc) is 3.10. The number of nitrogens with zero attached hydrogens (tertiary/aromatic N) is 5. The Balaban J connectivity index is 1.74. The SMILES string of the molecule is Cc1sc(NC(=O)Cn2cnnn2)nc1-c1ccc(Cl)cc1. The number of hydrogen-bond donors (Lipinski definition) is 1. The van der Waals surface area contributed by atoms with Gasteiger partial charge in [0, 0.05) is 15.5 Å². The number of carbonyl (C=O) groups is 1. The Kier molecular flexibility index (Phi) is 4.12. The lowest BCUT2D eigenvalue weighted by atomic mass is 10.1. The number of benzene rings is 1. The lowest BCUT2D eigenvalue weighted by Gasteiger charge is -2.00. The molecule has 0 aliphatic carbocycles. The molecule has 2 aromatic heterocycles. The van der Waals surface area contributed by atoms with Crippen LogP contribution in [0.1, 0.15) is 4.88 Å². The third-order valence-electron chi connectivity index (χ3n) is 2.86. The van der Waals surface area contributed by atoms with E-state index in [-0.39, 0.29) is 12.5 Å². The van der Waals surface area contributed by atoms with Crippen LogP contribution in [-0.4, -0.2) is 31.1 Å². The summed E-state index contributed by atoms with van der Waals surface area (Å²) in [6.07, 6.45) is 1.38. The molecule has 0 aliphatic rings. The normalized spacial score (nSPS) is 10.6. The van der Waals surface area contributed by atoms with Crippen LogP contribution < -0.4 is 5.32 Å². The fourth-order valence-electron chi connectivity index (χ4n) is 1.88. The molecule has 2 heterocycles. The van der Waals surface area contributed by atoms with Gasteiger partial charge in [0.05, 0.1) is 5.69 Å². The summed E-state index contributed by atoms with van der Waals surface area (Å²) in [5.74, 6) is -0.233. The second-order valence-electron chi connectivity index (χ2n) is 4.49. The van der Waals surface area contributed by atoms with E-state index < -0.39 is 0 Å². The Morgan fingerprint density at radius 3 is 2.82 bits per heavy atom. The first-order valence-electron chi connectivity index (χ1n) is 6.36. The van der Waals surface area contributed by atoms with Gasteiger partial charge in [0.1, 0.15) is 12.9 Å². The maximum Gasteiger partial charge on any atom is 0.248 e. The van der Waals surface area contributed by atoms with Gasteiger partial charge in [-0.1, -0.05) is 23.7 Å². The van der Waals surface area contributed by atoms with E-state index in [4.69, 9.17) is 11.6 Å². The summed E-state index contributed by atoms with van der Waals surface area (Å²) in [6, 6.07) is 7.42. The highest BCUT2D eigenvalue weighted by atomic mass is 35.5. The molecule has 112 valence electrons. The highest BCUT2D eigenvalue weighted by molar-refractivity contribution is 7.16. The fourth-order valence-corrected chi connectivity index (χ4v) is 2.86. The van der Waals surface area contributed by atoms with Gasteiger partial charge in [-0.25, -0.2) is 9.67 Å². The number of tetrazole rings is 1. The molecule has 0 saturated carbocycles. The quantitative estimate of drug-likeness (QED) is 0.791. The van der Waals surface area contributed by atoms with Crippen molar-refractivity contribution in [3.63, 3.8) is 0 Å². The second-order valence-corrected chi connectivity index (χ2v) is 6.13. The topological polar surface area (TPSA) is 85.6 Å². The van der Waals surface area contributed by atoms with E-state index in [1.807, 2.05) is 31.2 Å². The molecule has 1 amide bonds. The van der Waals surface area contributed by atoms with Gasteiger partial charge < -0.3 is 5.32 Å². The first-order valence-corrected chi connectivity index (χ1v) is 7.55. The van der Waals surface area contributed by atoms with E-state index >= 15 is 0 Å². The second kappa shape index (κ2) is 6.20. The number of rotatable bonds is 4. The lowest BCUT2D eigenvalue weighted by molar-refractivity contribution is -0.116. The van der Waals surface area contributed by atoms with Crippen molar-refractivity contribution >= 4 is 34.0 Å². The van der Waals surface area contributed by atoms with E-state index in [2.05, 4.69) is 25.8 Å². The summed E-state index contributed by atoms with van der Waals surface area (Å²) >= 11 is 7.30. The number of halogens is 1. The van der Waals surface area contributed by atoms with Crippen LogP contribution in [0, 0.1) is 6.92 Å². The predicted octanol–water partition coefficient (Wildman–Crippen LogP) is 2.40. The molecular formula is C13H11ClN6OS. The molecule has 0 unspecified atom stereocenters. The van der Waals surface area contributed by atoms with Crippen molar-refractivity contribution < 1.29 is 4.79 Å². The molecule has 1 aromatic carbocycles. The van der Waals surface area contributed by atoms with Crippen LogP contribution in [0.2, 0.25) is 5.02 Å². The Bertz CT molecular complexity index is 783. The Morgan fingerprint density at radius 1 is 1.36 bits per heavy atom. The molecule has 3 rings (SSSR count). The highest BCUT2D eigenvalue weighted by Gasteiger charge is 2.12. The molecule has 7 nitrogen and oxygen atoms in total. The molecule has 0 saturated heterocycles.